The van der Waals surface area contributed by atoms with Crippen molar-refractivity contribution < 1.29 is 14.4 Å². The topological polar surface area (TPSA) is 139 Å². The first-order valence-electron chi connectivity index (χ1n) is 14.0. The fourth-order valence-corrected chi connectivity index (χ4v) is 3.39. The lowest BCUT2D eigenvalue weighted by Gasteiger charge is -2.09. The molecule has 0 aliphatic carbocycles. The van der Waals surface area contributed by atoms with Crippen molar-refractivity contribution in [2.24, 2.45) is 11.5 Å². The van der Waals surface area contributed by atoms with Crippen molar-refractivity contribution in [3.8, 4) is 0 Å². The van der Waals surface area contributed by atoms with Gasteiger partial charge in [0, 0.05) is 30.6 Å². The van der Waals surface area contributed by atoms with Gasteiger partial charge in [-0.05, 0) is 39.8 Å². The van der Waals surface area contributed by atoms with Crippen LogP contribution in [0.25, 0.3) is 0 Å². The van der Waals surface area contributed by atoms with Gasteiger partial charge >= 0.3 is 0 Å². The highest BCUT2D eigenvalue weighted by atomic mass is 32.2. The average Bonchev–Trinajstić information content (AvgIpc) is 2.93. The fraction of sp³-hybridized carbons (Fsp3) is 0.821. The molecule has 0 saturated carbocycles. The van der Waals surface area contributed by atoms with Gasteiger partial charge in [0.05, 0.1) is 0 Å². The lowest BCUT2D eigenvalue weighted by molar-refractivity contribution is -0.121. The summed E-state index contributed by atoms with van der Waals surface area (Å²) >= 11 is 2.02. The van der Waals surface area contributed by atoms with E-state index in [2.05, 4.69) is 61.3 Å². The predicted octanol–water partition coefficient (Wildman–Crippen LogP) is 5.36. The maximum absolute atomic E-state index is 11.4. The third-order valence-electron chi connectivity index (χ3n) is 4.39. The van der Waals surface area contributed by atoms with Gasteiger partial charge in [0.25, 0.3) is 0 Å². The zero-order valence-electron chi connectivity index (χ0n) is 25.5. The molecule has 0 aromatic heterocycles. The van der Waals surface area contributed by atoms with Crippen LogP contribution in [-0.2, 0) is 14.4 Å². The van der Waals surface area contributed by atoms with Crippen LogP contribution >= 0.6 is 11.8 Å². The second-order valence-electron chi connectivity index (χ2n) is 7.40. The van der Waals surface area contributed by atoms with E-state index in [1.165, 1.54) is 52.0 Å². The summed E-state index contributed by atoms with van der Waals surface area (Å²) in [6, 6.07) is 0. The van der Waals surface area contributed by atoms with Crippen LogP contribution in [0.3, 0.4) is 0 Å². The molecule has 7 N–H and O–H groups in total. The Balaban J connectivity index is -0.000000103. The lowest BCUT2D eigenvalue weighted by atomic mass is 10.2. The molecular weight excluding hydrogens is 486 g/mol. The molecule has 0 aromatic rings. The molecule has 0 aliphatic heterocycles. The zero-order chi connectivity index (χ0) is 30.0. The normalized spacial score (nSPS) is 9.30. The first kappa shape index (κ1) is 48.5. The van der Waals surface area contributed by atoms with E-state index < -0.39 is 0 Å². The highest BCUT2D eigenvalue weighted by molar-refractivity contribution is 7.99. The Labute approximate surface area is 235 Å². The predicted molar refractivity (Wildman–Crippen MR) is 168 cm³/mol. The Bertz CT molecular complexity index is 393. The third kappa shape index (κ3) is 72.0. The van der Waals surface area contributed by atoms with Gasteiger partial charge in [-0.25, -0.2) is 0 Å². The zero-order valence-corrected chi connectivity index (χ0v) is 26.4. The van der Waals surface area contributed by atoms with E-state index in [-0.39, 0.29) is 12.3 Å². The molecule has 0 aliphatic rings. The van der Waals surface area contributed by atoms with E-state index >= 15 is 0 Å². The molecule has 0 spiro atoms. The smallest absolute Gasteiger partial charge is 0.219 e. The summed E-state index contributed by atoms with van der Waals surface area (Å²) in [6.45, 7) is 18.3. The number of hydrogen-bond acceptors (Lipinski definition) is 6. The number of thioether (sulfide) groups is 1. The number of amides is 3. The van der Waals surface area contributed by atoms with Crippen molar-refractivity contribution in [1.82, 2.24) is 16.0 Å². The van der Waals surface area contributed by atoms with Crippen LogP contribution in [0.1, 0.15) is 112 Å². The molecule has 9 heteroatoms. The molecule has 0 rings (SSSR count). The van der Waals surface area contributed by atoms with Gasteiger partial charge in [-0.15, -0.1) is 24.9 Å². The molecule has 0 fully saturated rings. The molecule has 0 saturated heterocycles. The van der Waals surface area contributed by atoms with Crippen molar-refractivity contribution in [3.05, 3.63) is 13.2 Å². The molecule has 0 heterocycles. The minimum absolute atomic E-state index is 0.157. The van der Waals surface area contributed by atoms with E-state index in [1.807, 2.05) is 32.7 Å². The molecule has 37 heavy (non-hydrogen) atoms. The van der Waals surface area contributed by atoms with Crippen LogP contribution < -0.4 is 27.4 Å². The van der Waals surface area contributed by atoms with Crippen molar-refractivity contribution in [2.75, 3.05) is 33.1 Å². The lowest BCUT2D eigenvalue weighted by Crippen LogP contribution is -2.24. The average molecular weight is 552 g/mol. The number of hydrogen-bond donors (Lipinski definition) is 5. The van der Waals surface area contributed by atoms with Gasteiger partial charge in [-0.1, -0.05) is 79.6 Å². The highest BCUT2D eigenvalue weighted by Gasteiger charge is 2.00. The SMILES string of the molecule is C=C.CC.CCCCCC(C)SCNC.CCCCCCNC(=O)CCCCCNC=O.CN.NC=O. The van der Waals surface area contributed by atoms with Gasteiger partial charge in [0.1, 0.15) is 0 Å². The second kappa shape index (κ2) is 59.5. The van der Waals surface area contributed by atoms with E-state index in [4.69, 9.17) is 4.79 Å². The Kier molecular flexibility index (Phi) is 78.0. The molecule has 0 bridgehead atoms. The summed E-state index contributed by atoms with van der Waals surface area (Å²) in [4.78, 5) is 29.9. The second-order valence-corrected chi connectivity index (χ2v) is 8.83. The van der Waals surface area contributed by atoms with Gasteiger partial charge in [0.15, 0.2) is 0 Å². The van der Waals surface area contributed by atoms with Crippen molar-refractivity contribution in [1.29, 1.82) is 0 Å². The summed E-state index contributed by atoms with van der Waals surface area (Å²) in [5, 5.41) is 9.52. The highest BCUT2D eigenvalue weighted by Crippen LogP contribution is 2.15. The number of carbonyl (C=O) groups excluding carboxylic acids is 3. The number of primary amides is 1. The fourth-order valence-electron chi connectivity index (χ4n) is 2.61. The summed E-state index contributed by atoms with van der Waals surface area (Å²) in [6.07, 6.45) is 14.7. The van der Waals surface area contributed by atoms with Gasteiger partial charge < -0.3 is 27.4 Å². The van der Waals surface area contributed by atoms with Crippen LogP contribution in [0.15, 0.2) is 13.2 Å². The maximum atomic E-state index is 11.4. The summed E-state index contributed by atoms with van der Waals surface area (Å²) in [5.74, 6) is 1.25. The molecular formula is C28H65N5O3S. The Morgan fingerprint density at radius 3 is 1.86 bits per heavy atom. The monoisotopic (exact) mass is 551 g/mol. The Hall–Kier alpha value is -1.58. The van der Waals surface area contributed by atoms with E-state index in [0.717, 1.165) is 43.4 Å². The van der Waals surface area contributed by atoms with Gasteiger partial charge in [-0.2, -0.15) is 0 Å². The molecule has 3 amide bonds. The van der Waals surface area contributed by atoms with Crippen molar-refractivity contribution in [3.63, 3.8) is 0 Å². The van der Waals surface area contributed by atoms with E-state index in [9.17, 15) is 9.59 Å². The van der Waals surface area contributed by atoms with E-state index in [0.29, 0.717) is 19.4 Å². The maximum Gasteiger partial charge on any atom is 0.219 e. The van der Waals surface area contributed by atoms with Crippen LogP contribution in [0.4, 0.5) is 0 Å². The molecule has 1 unspecified atom stereocenters. The number of nitrogens with two attached hydrogens (primary N) is 2. The largest absolute Gasteiger partial charge is 0.372 e. The first-order chi connectivity index (χ1) is 18.0. The quantitative estimate of drug-likeness (QED) is 0.0634. The molecule has 1 atom stereocenters. The van der Waals surface area contributed by atoms with Gasteiger partial charge in [-0.3, -0.25) is 14.4 Å². The number of unbranched alkanes of at least 4 members (excludes halogenated alkanes) is 7. The van der Waals surface area contributed by atoms with Crippen molar-refractivity contribution >= 4 is 30.5 Å². The number of rotatable bonds is 19. The first-order valence-corrected chi connectivity index (χ1v) is 15.0. The standard InChI is InChI=1S/C13H26N2O2.C9H21NS.C2H6.C2H4.CH3NO.CH5N/c1-2-3-4-8-11-15-13(17)9-6-5-7-10-14-12-16;1-4-5-6-7-9(2)11-8-10-3;2*1-2;2-1-3;1-2/h12H,2-11H2,1H3,(H,14,16)(H,15,17);9-10H,4-8H2,1-3H3;1-2H3;1-2H2;1H,(H2,2,3);2H2,1H3. The molecule has 0 radical (unpaired) electrons. The molecule has 0 aromatic carbocycles. The minimum Gasteiger partial charge on any atom is -0.372 e. The Morgan fingerprint density at radius 1 is 0.892 bits per heavy atom. The third-order valence-corrected chi connectivity index (χ3v) is 5.65. The van der Waals surface area contributed by atoms with E-state index in [1.54, 1.807) is 0 Å². The molecule has 226 valence electrons. The summed E-state index contributed by atoms with van der Waals surface area (Å²) < 4.78 is 0. The van der Waals surface area contributed by atoms with Crippen LogP contribution in [0.5, 0.6) is 0 Å². The molecule has 8 nitrogen and oxygen atoms in total. The van der Waals surface area contributed by atoms with Crippen LogP contribution in [0, 0.1) is 0 Å². The summed E-state index contributed by atoms with van der Waals surface area (Å²) in [7, 11) is 3.51. The van der Waals surface area contributed by atoms with Gasteiger partial charge in [0.2, 0.25) is 18.7 Å². The summed E-state index contributed by atoms with van der Waals surface area (Å²) in [5.41, 5.74) is 8.67. The minimum atomic E-state index is 0.157. The van der Waals surface area contributed by atoms with Crippen molar-refractivity contribution in [2.45, 2.75) is 117 Å². The number of carbonyl (C=O) groups is 3. The van der Waals surface area contributed by atoms with Crippen LogP contribution in [-0.4, -0.2) is 57.0 Å². The Morgan fingerprint density at radius 2 is 1.38 bits per heavy atom. The number of nitrogens with one attached hydrogen (secondary N) is 3. The van der Waals surface area contributed by atoms with Crippen LogP contribution in [0.2, 0.25) is 0 Å².